The fourth-order valence-electron chi connectivity index (χ4n) is 2.76. The lowest BCUT2D eigenvalue weighted by molar-refractivity contribution is 0.175. The first kappa shape index (κ1) is 12.7. The maximum absolute atomic E-state index is 5.86. The van der Waals surface area contributed by atoms with E-state index in [1.165, 1.54) is 12.8 Å². The van der Waals surface area contributed by atoms with Gasteiger partial charge in [-0.05, 0) is 44.9 Å². The van der Waals surface area contributed by atoms with Gasteiger partial charge in [-0.3, -0.25) is 9.88 Å². The maximum Gasteiger partial charge on any atom is 0.140 e. The van der Waals surface area contributed by atoms with E-state index in [2.05, 4.69) is 16.9 Å². The van der Waals surface area contributed by atoms with Crippen molar-refractivity contribution in [3.63, 3.8) is 0 Å². The first-order valence-electron chi connectivity index (χ1n) is 6.02. The second-order valence-electron chi connectivity index (χ2n) is 5.02. The molecule has 0 spiro atoms. The van der Waals surface area contributed by atoms with Gasteiger partial charge in [0.1, 0.15) is 12.4 Å². The summed E-state index contributed by atoms with van der Waals surface area (Å²) in [4.78, 5) is 6.71. The number of pyridine rings is 1. The molecule has 0 amide bonds. The number of likely N-dealkylation sites (N-methyl/N-ethyl adjacent to an activating group) is 1. The highest BCUT2D eigenvalue weighted by Crippen LogP contribution is 2.46. The SMILES string of the molecule is Cc1ncccc1OC[C@@H]1C[C@H]2C[C@H]2N1C.Cl. The van der Waals surface area contributed by atoms with Crippen LogP contribution in [-0.2, 0) is 0 Å². The number of halogens is 1. The average Bonchev–Trinajstić information content (AvgIpc) is 2.98. The van der Waals surface area contributed by atoms with Crippen LogP contribution in [0.4, 0.5) is 0 Å². The summed E-state index contributed by atoms with van der Waals surface area (Å²) < 4.78 is 5.86. The summed E-state index contributed by atoms with van der Waals surface area (Å²) in [6.07, 6.45) is 4.51. The zero-order valence-corrected chi connectivity index (χ0v) is 11.1. The summed E-state index contributed by atoms with van der Waals surface area (Å²) >= 11 is 0. The average molecular weight is 255 g/mol. The minimum absolute atomic E-state index is 0. The fourth-order valence-corrected chi connectivity index (χ4v) is 2.76. The Bertz CT molecular complexity index is 399. The van der Waals surface area contributed by atoms with Crippen LogP contribution >= 0.6 is 12.4 Å². The number of ether oxygens (including phenoxy) is 1. The van der Waals surface area contributed by atoms with Crippen molar-refractivity contribution < 1.29 is 4.74 Å². The van der Waals surface area contributed by atoms with Gasteiger partial charge in [0.05, 0.1) is 5.69 Å². The number of hydrogen-bond donors (Lipinski definition) is 0. The number of nitrogens with zero attached hydrogens (tertiary/aromatic N) is 2. The molecule has 3 nitrogen and oxygen atoms in total. The third kappa shape index (κ3) is 2.40. The molecule has 0 radical (unpaired) electrons. The molecule has 0 aromatic carbocycles. The van der Waals surface area contributed by atoms with E-state index in [1.54, 1.807) is 6.20 Å². The number of aromatic nitrogens is 1. The molecule has 1 saturated carbocycles. The number of rotatable bonds is 3. The van der Waals surface area contributed by atoms with E-state index in [0.717, 1.165) is 30.0 Å². The Kier molecular flexibility index (Phi) is 3.59. The Hall–Kier alpha value is -0.800. The van der Waals surface area contributed by atoms with E-state index < -0.39 is 0 Å². The highest BCUT2D eigenvalue weighted by Gasteiger charge is 2.50. The van der Waals surface area contributed by atoms with Crippen molar-refractivity contribution in [2.24, 2.45) is 5.92 Å². The lowest BCUT2D eigenvalue weighted by atomic mass is 10.2. The monoisotopic (exact) mass is 254 g/mol. The van der Waals surface area contributed by atoms with Crippen molar-refractivity contribution >= 4 is 12.4 Å². The number of likely N-dealkylation sites (tertiary alicyclic amines) is 1. The molecule has 1 aliphatic heterocycles. The van der Waals surface area contributed by atoms with E-state index in [1.807, 2.05) is 19.1 Å². The van der Waals surface area contributed by atoms with Crippen LogP contribution in [0.1, 0.15) is 18.5 Å². The lowest BCUT2D eigenvalue weighted by Gasteiger charge is -2.23. The Labute approximate surface area is 109 Å². The van der Waals surface area contributed by atoms with Crippen molar-refractivity contribution in [2.75, 3.05) is 13.7 Å². The highest BCUT2D eigenvalue weighted by molar-refractivity contribution is 5.85. The van der Waals surface area contributed by atoms with Gasteiger partial charge in [-0.2, -0.15) is 0 Å². The summed E-state index contributed by atoms with van der Waals surface area (Å²) in [5, 5.41) is 0. The third-order valence-corrected chi connectivity index (χ3v) is 3.95. The van der Waals surface area contributed by atoms with Crippen molar-refractivity contribution in [1.29, 1.82) is 0 Å². The van der Waals surface area contributed by atoms with Crippen LogP contribution in [0.15, 0.2) is 18.3 Å². The van der Waals surface area contributed by atoms with Gasteiger partial charge in [-0.1, -0.05) is 0 Å². The third-order valence-electron chi connectivity index (χ3n) is 3.95. The van der Waals surface area contributed by atoms with Crippen molar-refractivity contribution in [2.45, 2.75) is 31.8 Å². The van der Waals surface area contributed by atoms with E-state index in [9.17, 15) is 0 Å². The fraction of sp³-hybridized carbons (Fsp3) is 0.615. The predicted octanol–water partition coefficient (Wildman–Crippen LogP) is 2.28. The molecule has 3 atom stereocenters. The van der Waals surface area contributed by atoms with Gasteiger partial charge in [0.15, 0.2) is 0 Å². The molecule has 2 fully saturated rings. The second kappa shape index (κ2) is 4.83. The molecule has 0 unspecified atom stereocenters. The molecule has 0 N–H and O–H groups in total. The van der Waals surface area contributed by atoms with E-state index >= 15 is 0 Å². The first-order valence-corrected chi connectivity index (χ1v) is 6.02. The first-order chi connectivity index (χ1) is 7.75. The lowest BCUT2D eigenvalue weighted by Crippen LogP contribution is -2.33. The molecule has 1 aliphatic carbocycles. The molecule has 0 bridgehead atoms. The van der Waals surface area contributed by atoms with E-state index in [4.69, 9.17) is 4.74 Å². The van der Waals surface area contributed by atoms with Crippen LogP contribution in [0.2, 0.25) is 0 Å². The number of fused-ring (bicyclic) bond motifs is 1. The maximum atomic E-state index is 5.86. The Morgan fingerprint density at radius 2 is 2.29 bits per heavy atom. The molecule has 3 rings (SSSR count). The Morgan fingerprint density at radius 3 is 2.94 bits per heavy atom. The van der Waals surface area contributed by atoms with Gasteiger partial charge >= 0.3 is 0 Å². The normalized spacial score (nSPS) is 30.6. The van der Waals surface area contributed by atoms with Crippen LogP contribution in [0.25, 0.3) is 0 Å². The Balaban J connectivity index is 0.00000108. The molecule has 17 heavy (non-hydrogen) atoms. The summed E-state index contributed by atoms with van der Waals surface area (Å²) in [5.41, 5.74) is 0.980. The summed E-state index contributed by atoms with van der Waals surface area (Å²) in [6, 6.07) is 5.38. The highest BCUT2D eigenvalue weighted by atomic mass is 35.5. The number of aryl methyl sites for hydroxylation is 1. The minimum Gasteiger partial charge on any atom is -0.490 e. The standard InChI is InChI=1S/C13H18N2O.ClH/c1-9-13(4-3-5-14-9)16-8-11-6-10-7-12(10)15(11)2;/h3-5,10-12H,6-8H2,1-2H3;1H/t10-,11-,12+;/m0./s1. The summed E-state index contributed by atoms with van der Waals surface area (Å²) in [6.45, 7) is 2.79. The molecule has 1 saturated heterocycles. The van der Waals surface area contributed by atoms with Gasteiger partial charge in [-0.25, -0.2) is 0 Å². The van der Waals surface area contributed by atoms with Crippen LogP contribution in [-0.4, -0.2) is 35.6 Å². The molecular formula is C13H19ClN2O. The van der Waals surface area contributed by atoms with Gasteiger partial charge in [0.2, 0.25) is 0 Å². The zero-order valence-electron chi connectivity index (χ0n) is 10.3. The molecule has 1 aromatic rings. The topological polar surface area (TPSA) is 25.4 Å². The largest absolute Gasteiger partial charge is 0.490 e. The predicted molar refractivity (Wildman–Crippen MR) is 69.8 cm³/mol. The number of piperidine rings is 1. The van der Waals surface area contributed by atoms with E-state index in [0.29, 0.717) is 6.04 Å². The van der Waals surface area contributed by atoms with Crippen molar-refractivity contribution in [3.05, 3.63) is 24.0 Å². The molecule has 4 heteroatoms. The van der Waals surface area contributed by atoms with Crippen LogP contribution in [0.5, 0.6) is 5.75 Å². The van der Waals surface area contributed by atoms with Crippen LogP contribution in [0, 0.1) is 12.8 Å². The minimum atomic E-state index is 0. The quantitative estimate of drug-likeness (QED) is 0.828. The van der Waals surface area contributed by atoms with Gasteiger partial charge in [0, 0.05) is 18.3 Å². The van der Waals surface area contributed by atoms with E-state index in [-0.39, 0.29) is 12.4 Å². The molecule has 2 heterocycles. The molecular weight excluding hydrogens is 236 g/mol. The van der Waals surface area contributed by atoms with Crippen molar-refractivity contribution in [3.8, 4) is 5.75 Å². The van der Waals surface area contributed by atoms with Gasteiger partial charge in [-0.15, -0.1) is 12.4 Å². The zero-order chi connectivity index (χ0) is 11.1. The van der Waals surface area contributed by atoms with Crippen molar-refractivity contribution in [1.82, 2.24) is 9.88 Å². The second-order valence-corrected chi connectivity index (χ2v) is 5.02. The van der Waals surface area contributed by atoms with Crippen LogP contribution < -0.4 is 4.74 Å². The smallest absolute Gasteiger partial charge is 0.140 e. The molecule has 1 aromatic heterocycles. The van der Waals surface area contributed by atoms with Gasteiger partial charge in [0.25, 0.3) is 0 Å². The van der Waals surface area contributed by atoms with Crippen LogP contribution in [0.3, 0.4) is 0 Å². The van der Waals surface area contributed by atoms with Gasteiger partial charge < -0.3 is 4.74 Å². The summed E-state index contributed by atoms with van der Waals surface area (Å²) in [5.74, 6) is 1.88. The Morgan fingerprint density at radius 1 is 1.47 bits per heavy atom. The molecule has 2 aliphatic rings. The molecule has 94 valence electrons. The summed E-state index contributed by atoms with van der Waals surface area (Å²) in [7, 11) is 2.22. The number of hydrogen-bond acceptors (Lipinski definition) is 3.